The van der Waals surface area contributed by atoms with Gasteiger partial charge in [-0.2, -0.15) is 0 Å². The molecule has 12 rings (SSSR count). The first-order chi connectivity index (χ1) is 28.2. The van der Waals surface area contributed by atoms with Crippen molar-refractivity contribution in [3.63, 3.8) is 0 Å². The minimum absolute atomic E-state index is 0.616. The monoisotopic (exact) mass is 746 g/mol. The molecular weight excluding hydrogens is 717 g/mol. The highest BCUT2D eigenvalue weighted by Gasteiger charge is 2.19. The second-order valence-corrected chi connectivity index (χ2v) is 15.4. The van der Waals surface area contributed by atoms with Crippen LogP contribution in [-0.4, -0.2) is 19.5 Å². The van der Waals surface area contributed by atoms with Crippen LogP contribution in [-0.2, 0) is 0 Å². The fourth-order valence-electron chi connectivity index (χ4n) is 8.43. The van der Waals surface area contributed by atoms with Gasteiger partial charge in [-0.3, -0.25) is 0 Å². The van der Waals surface area contributed by atoms with Crippen LogP contribution in [0.15, 0.2) is 186 Å². The highest BCUT2D eigenvalue weighted by Crippen LogP contribution is 2.45. The van der Waals surface area contributed by atoms with Crippen LogP contribution in [0.3, 0.4) is 0 Å². The molecule has 12 aromatic rings. The number of furan rings is 1. The number of hydrogen-bond donors (Lipinski definition) is 0. The molecule has 0 spiro atoms. The fraction of sp³-hybridized carbons (Fsp3) is 0. The maximum Gasteiger partial charge on any atom is 0.164 e. The molecule has 0 unspecified atom stereocenters. The minimum atomic E-state index is 0.616. The van der Waals surface area contributed by atoms with E-state index < -0.39 is 0 Å². The van der Waals surface area contributed by atoms with Gasteiger partial charge in [0.1, 0.15) is 11.2 Å². The molecule has 266 valence electrons. The molecule has 0 radical (unpaired) electrons. The number of benzene rings is 8. The van der Waals surface area contributed by atoms with Gasteiger partial charge in [-0.1, -0.05) is 133 Å². The Kier molecular flexibility index (Phi) is 7.03. The number of rotatable bonds is 5. The Morgan fingerprint density at radius 2 is 0.982 bits per heavy atom. The average Bonchev–Trinajstić information content (AvgIpc) is 3.96. The molecule has 0 aliphatic carbocycles. The SMILES string of the molecule is c1ccc(-c2nc(-c3ccccc3)nc(-c3ccc4oc5c(-c6cccc7c6sc6ccc(-n8c9ccccc9c9ccccc98)cc67)cccc5c4c3)n2)cc1. The summed E-state index contributed by atoms with van der Waals surface area (Å²) in [5.41, 5.74) is 10.3. The Hall–Kier alpha value is -7.41. The number of para-hydroxylation sites is 3. The van der Waals surface area contributed by atoms with Crippen LogP contribution in [0.25, 0.3) is 115 Å². The van der Waals surface area contributed by atoms with Crippen molar-refractivity contribution in [2.24, 2.45) is 0 Å². The van der Waals surface area contributed by atoms with Crippen molar-refractivity contribution in [1.29, 1.82) is 0 Å². The Bertz CT molecular complexity index is 3420. The van der Waals surface area contributed by atoms with Crippen molar-refractivity contribution in [1.82, 2.24) is 19.5 Å². The van der Waals surface area contributed by atoms with Crippen LogP contribution >= 0.6 is 11.3 Å². The molecule has 4 heterocycles. The minimum Gasteiger partial charge on any atom is -0.455 e. The topological polar surface area (TPSA) is 56.7 Å². The van der Waals surface area contributed by atoms with Crippen LogP contribution in [0.5, 0.6) is 0 Å². The molecule has 0 N–H and O–H groups in total. The summed E-state index contributed by atoms with van der Waals surface area (Å²) in [6, 6.07) is 63.7. The molecule has 0 bridgehead atoms. The lowest BCUT2D eigenvalue weighted by molar-refractivity contribution is 0.670. The summed E-state index contributed by atoms with van der Waals surface area (Å²) in [4.78, 5) is 14.9. The normalized spacial score (nSPS) is 11.9. The second kappa shape index (κ2) is 12.6. The third-order valence-electron chi connectivity index (χ3n) is 11.1. The third kappa shape index (κ3) is 5.04. The Morgan fingerprint density at radius 1 is 0.404 bits per heavy atom. The van der Waals surface area contributed by atoms with Crippen molar-refractivity contribution in [2.45, 2.75) is 0 Å². The van der Waals surface area contributed by atoms with Crippen LogP contribution < -0.4 is 0 Å². The maximum atomic E-state index is 6.74. The quantitative estimate of drug-likeness (QED) is 0.176. The molecule has 0 atom stereocenters. The largest absolute Gasteiger partial charge is 0.455 e. The highest BCUT2D eigenvalue weighted by molar-refractivity contribution is 7.26. The number of fused-ring (bicyclic) bond motifs is 9. The van der Waals surface area contributed by atoms with E-state index in [9.17, 15) is 0 Å². The predicted octanol–water partition coefficient (Wildman–Crippen LogP) is 13.9. The van der Waals surface area contributed by atoms with Crippen molar-refractivity contribution in [3.05, 3.63) is 182 Å². The standard InChI is InChI=1S/C51H30N4OS/c1-3-13-31(14-4-1)49-52-50(32-15-5-2-6-16-32)54-51(53-49)33-25-27-45-41(29-33)38-20-11-19-37(47(38)56-45)39-21-12-22-40-42-30-34(26-28-46(42)57-48(39)40)55-43-23-9-7-17-35(43)36-18-8-10-24-44(36)55/h1-30H. The van der Waals surface area contributed by atoms with Crippen molar-refractivity contribution in [2.75, 3.05) is 0 Å². The summed E-state index contributed by atoms with van der Waals surface area (Å²) in [7, 11) is 0. The molecule has 57 heavy (non-hydrogen) atoms. The molecule has 5 nitrogen and oxygen atoms in total. The van der Waals surface area contributed by atoms with Crippen LogP contribution in [0.1, 0.15) is 0 Å². The molecule has 0 saturated heterocycles. The summed E-state index contributed by atoms with van der Waals surface area (Å²) in [6.07, 6.45) is 0. The van der Waals surface area contributed by atoms with Gasteiger partial charge in [0.25, 0.3) is 0 Å². The molecule has 6 heteroatoms. The average molecular weight is 747 g/mol. The van der Waals surface area contributed by atoms with E-state index in [0.29, 0.717) is 17.5 Å². The van der Waals surface area contributed by atoms with E-state index in [4.69, 9.17) is 19.4 Å². The van der Waals surface area contributed by atoms with Gasteiger partial charge in [-0.25, -0.2) is 15.0 Å². The maximum absolute atomic E-state index is 6.74. The molecule has 0 amide bonds. The van der Waals surface area contributed by atoms with Gasteiger partial charge >= 0.3 is 0 Å². The summed E-state index contributed by atoms with van der Waals surface area (Å²) in [6.45, 7) is 0. The van der Waals surface area contributed by atoms with Crippen LogP contribution in [0.4, 0.5) is 0 Å². The Labute approximate surface area is 330 Å². The Balaban J connectivity index is 0.999. The van der Waals surface area contributed by atoms with E-state index in [2.05, 4.69) is 114 Å². The molecule has 0 aliphatic rings. The third-order valence-corrected chi connectivity index (χ3v) is 12.3. The van der Waals surface area contributed by atoms with E-state index in [1.807, 2.05) is 84.1 Å². The fourth-order valence-corrected chi connectivity index (χ4v) is 9.64. The van der Waals surface area contributed by atoms with Gasteiger partial charge in [-0.05, 0) is 48.5 Å². The van der Waals surface area contributed by atoms with Gasteiger partial charge < -0.3 is 8.98 Å². The zero-order valence-corrected chi connectivity index (χ0v) is 31.2. The smallest absolute Gasteiger partial charge is 0.164 e. The molecule has 0 aliphatic heterocycles. The number of nitrogens with zero attached hydrogens (tertiary/aromatic N) is 4. The second-order valence-electron chi connectivity index (χ2n) is 14.4. The number of hydrogen-bond acceptors (Lipinski definition) is 5. The van der Waals surface area contributed by atoms with Crippen molar-refractivity contribution in [3.8, 4) is 51.0 Å². The summed E-state index contributed by atoms with van der Waals surface area (Å²) in [5, 5.41) is 7.09. The molecule has 0 saturated carbocycles. The molecular formula is C51H30N4OS. The Morgan fingerprint density at radius 3 is 1.67 bits per heavy atom. The molecule has 0 fully saturated rings. The lowest BCUT2D eigenvalue weighted by Crippen LogP contribution is -2.00. The number of aromatic nitrogens is 4. The van der Waals surface area contributed by atoms with E-state index in [-0.39, 0.29) is 0 Å². The van der Waals surface area contributed by atoms with E-state index in [0.717, 1.165) is 55.4 Å². The zero-order valence-electron chi connectivity index (χ0n) is 30.4. The predicted molar refractivity (Wildman–Crippen MR) is 236 cm³/mol. The first-order valence-electron chi connectivity index (χ1n) is 19.0. The lowest BCUT2D eigenvalue weighted by Gasteiger charge is -2.08. The number of thiophene rings is 1. The summed E-state index contributed by atoms with van der Waals surface area (Å²) < 4.78 is 11.6. The van der Waals surface area contributed by atoms with E-state index in [1.165, 1.54) is 42.0 Å². The highest BCUT2D eigenvalue weighted by atomic mass is 32.1. The summed E-state index contributed by atoms with van der Waals surface area (Å²) in [5.74, 6) is 1.89. The van der Waals surface area contributed by atoms with Crippen molar-refractivity contribution >= 4 is 75.3 Å². The van der Waals surface area contributed by atoms with Crippen molar-refractivity contribution < 1.29 is 4.42 Å². The first-order valence-corrected chi connectivity index (χ1v) is 19.8. The lowest BCUT2D eigenvalue weighted by atomic mass is 10.00. The van der Waals surface area contributed by atoms with Gasteiger partial charge in [0.2, 0.25) is 0 Å². The summed E-state index contributed by atoms with van der Waals surface area (Å²) >= 11 is 1.84. The van der Waals surface area contributed by atoms with Gasteiger partial charge in [-0.15, -0.1) is 11.3 Å². The zero-order chi connectivity index (χ0) is 37.5. The van der Waals surface area contributed by atoms with Crippen LogP contribution in [0, 0.1) is 0 Å². The van der Waals surface area contributed by atoms with Gasteiger partial charge in [0.05, 0.1) is 11.0 Å². The molecule has 8 aromatic carbocycles. The van der Waals surface area contributed by atoms with Gasteiger partial charge in [0, 0.05) is 75.2 Å². The van der Waals surface area contributed by atoms with E-state index >= 15 is 0 Å². The first kappa shape index (κ1) is 31.9. The van der Waals surface area contributed by atoms with Crippen LogP contribution in [0.2, 0.25) is 0 Å². The van der Waals surface area contributed by atoms with Gasteiger partial charge in [0.15, 0.2) is 17.5 Å². The molecule has 4 aromatic heterocycles. The van der Waals surface area contributed by atoms with E-state index in [1.54, 1.807) is 0 Å².